The summed E-state index contributed by atoms with van der Waals surface area (Å²) in [5.74, 6) is -0.126. The number of thioether (sulfide) groups is 1. The molecule has 0 saturated carbocycles. The van der Waals surface area contributed by atoms with Crippen LogP contribution in [0, 0.1) is 0 Å². The number of hydrogen-bond acceptors (Lipinski definition) is 3. The standard InChI is InChI=1S/C11H15NO2S/c1-8(14-2)11(13)12-9-6-4-5-7-10(9)15-3/h4-8H,1-3H3,(H,12,13). The molecular weight excluding hydrogens is 210 g/mol. The average Bonchev–Trinajstić information content (AvgIpc) is 2.28. The van der Waals surface area contributed by atoms with E-state index in [9.17, 15) is 4.79 Å². The molecule has 1 rings (SSSR count). The Labute approximate surface area is 94.2 Å². The summed E-state index contributed by atoms with van der Waals surface area (Å²) in [6.07, 6.45) is 1.55. The minimum atomic E-state index is -0.431. The third-order valence-corrected chi connectivity index (χ3v) is 2.88. The predicted molar refractivity (Wildman–Crippen MR) is 63.3 cm³/mol. The molecule has 1 aromatic rings. The predicted octanol–water partition coefficient (Wildman–Crippen LogP) is 2.38. The normalized spacial score (nSPS) is 12.2. The number of benzene rings is 1. The largest absolute Gasteiger partial charge is 0.372 e. The number of carbonyl (C=O) groups is 1. The monoisotopic (exact) mass is 225 g/mol. The van der Waals surface area contributed by atoms with Crippen molar-refractivity contribution in [2.24, 2.45) is 0 Å². The number of hydrogen-bond donors (Lipinski definition) is 1. The van der Waals surface area contributed by atoms with Crippen LogP contribution in [0.3, 0.4) is 0 Å². The fourth-order valence-corrected chi connectivity index (χ4v) is 1.64. The van der Waals surface area contributed by atoms with Crippen molar-refractivity contribution in [2.75, 3.05) is 18.7 Å². The van der Waals surface area contributed by atoms with Crippen molar-refractivity contribution < 1.29 is 9.53 Å². The second-order valence-corrected chi connectivity index (χ2v) is 3.92. The van der Waals surface area contributed by atoms with E-state index in [-0.39, 0.29) is 5.91 Å². The number of ether oxygens (including phenoxy) is 1. The topological polar surface area (TPSA) is 38.3 Å². The number of anilines is 1. The highest BCUT2D eigenvalue weighted by Crippen LogP contribution is 2.24. The SMILES string of the molecule is COC(C)C(=O)Nc1ccccc1SC. The van der Waals surface area contributed by atoms with Crippen molar-refractivity contribution in [3.8, 4) is 0 Å². The van der Waals surface area contributed by atoms with Crippen LogP contribution in [-0.2, 0) is 9.53 Å². The van der Waals surface area contributed by atoms with Gasteiger partial charge in [-0.05, 0) is 25.3 Å². The van der Waals surface area contributed by atoms with Crippen LogP contribution in [-0.4, -0.2) is 25.4 Å². The van der Waals surface area contributed by atoms with Gasteiger partial charge < -0.3 is 10.1 Å². The molecule has 0 aliphatic heterocycles. The first-order chi connectivity index (χ1) is 7.19. The fraction of sp³-hybridized carbons (Fsp3) is 0.364. The quantitative estimate of drug-likeness (QED) is 0.800. The fourth-order valence-electron chi connectivity index (χ4n) is 1.09. The lowest BCUT2D eigenvalue weighted by atomic mass is 10.3. The summed E-state index contributed by atoms with van der Waals surface area (Å²) in [6, 6.07) is 7.69. The van der Waals surface area contributed by atoms with E-state index >= 15 is 0 Å². The van der Waals surface area contributed by atoms with Crippen molar-refractivity contribution in [1.29, 1.82) is 0 Å². The van der Waals surface area contributed by atoms with Gasteiger partial charge in [0.1, 0.15) is 6.10 Å². The van der Waals surface area contributed by atoms with Crippen molar-refractivity contribution in [3.63, 3.8) is 0 Å². The molecule has 0 bridgehead atoms. The van der Waals surface area contributed by atoms with E-state index in [0.717, 1.165) is 10.6 Å². The summed E-state index contributed by atoms with van der Waals surface area (Å²) in [5.41, 5.74) is 0.832. The van der Waals surface area contributed by atoms with Crippen LogP contribution in [0.15, 0.2) is 29.2 Å². The van der Waals surface area contributed by atoms with Gasteiger partial charge >= 0.3 is 0 Å². The molecule has 0 fully saturated rings. The lowest BCUT2D eigenvalue weighted by Crippen LogP contribution is -2.26. The van der Waals surface area contributed by atoms with Gasteiger partial charge in [0.25, 0.3) is 5.91 Å². The molecule has 1 N–H and O–H groups in total. The molecule has 1 unspecified atom stereocenters. The van der Waals surface area contributed by atoms with Gasteiger partial charge in [0.15, 0.2) is 0 Å². The Bertz CT molecular complexity index is 341. The highest BCUT2D eigenvalue weighted by atomic mass is 32.2. The third kappa shape index (κ3) is 3.25. The zero-order valence-corrected chi connectivity index (χ0v) is 9.93. The summed E-state index contributed by atoms with van der Waals surface area (Å²) >= 11 is 1.60. The Morgan fingerprint density at radius 3 is 2.73 bits per heavy atom. The molecule has 0 aromatic heterocycles. The van der Waals surface area contributed by atoms with Crippen LogP contribution < -0.4 is 5.32 Å². The molecule has 1 atom stereocenters. The number of methoxy groups -OCH3 is 1. The first-order valence-electron chi connectivity index (χ1n) is 4.65. The van der Waals surface area contributed by atoms with Gasteiger partial charge in [-0.25, -0.2) is 0 Å². The van der Waals surface area contributed by atoms with E-state index in [1.807, 2.05) is 30.5 Å². The minimum absolute atomic E-state index is 0.126. The van der Waals surface area contributed by atoms with Crippen molar-refractivity contribution in [3.05, 3.63) is 24.3 Å². The Morgan fingerprint density at radius 2 is 2.13 bits per heavy atom. The van der Waals surface area contributed by atoms with Gasteiger partial charge in [-0.2, -0.15) is 0 Å². The molecule has 3 nitrogen and oxygen atoms in total. The number of para-hydroxylation sites is 1. The maximum atomic E-state index is 11.6. The second-order valence-electron chi connectivity index (χ2n) is 3.07. The van der Waals surface area contributed by atoms with Gasteiger partial charge in [-0.15, -0.1) is 11.8 Å². The molecule has 0 radical (unpaired) electrons. The van der Waals surface area contributed by atoms with Crippen LogP contribution >= 0.6 is 11.8 Å². The van der Waals surface area contributed by atoms with Gasteiger partial charge in [0.2, 0.25) is 0 Å². The van der Waals surface area contributed by atoms with Crippen LogP contribution in [0.2, 0.25) is 0 Å². The molecule has 0 spiro atoms. The van der Waals surface area contributed by atoms with E-state index in [1.165, 1.54) is 7.11 Å². The lowest BCUT2D eigenvalue weighted by molar-refractivity contribution is -0.124. The Kier molecular flexibility index (Phi) is 4.65. The summed E-state index contributed by atoms with van der Waals surface area (Å²) in [5, 5.41) is 2.83. The van der Waals surface area contributed by atoms with Crippen LogP contribution in [0.4, 0.5) is 5.69 Å². The van der Waals surface area contributed by atoms with Crippen LogP contribution in [0.5, 0.6) is 0 Å². The van der Waals surface area contributed by atoms with E-state index in [4.69, 9.17) is 4.74 Å². The molecule has 0 aliphatic rings. The molecule has 82 valence electrons. The van der Waals surface area contributed by atoms with Crippen LogP contribution in [0.25, 0.3) is 0 Å². The van der Waals surface area contributed by atoms with Gasteiger partial charge in [-0.3, -0.25) is 4.79 Å². The van der Waals surface area contributed by atoms with E-state index in [2.05, 4.69) is 5.32 Å². The smallest absolute Gasteiger partial charge is 0.253 e. The molecule has 0 saturated heterocycles. The van der Waals surface area contributed by atoms with Crippen molar-refractivity contribution in [2.45, 2.75) is 17.9 Å². The lowest BCUT2D eigenvalue weighted by Gasteiger charge is -2.12. The van der Waals surface area contributed by atoms with E-state index in [0.29, 0.717) is 0 Å². The van der Waals surface area contributed by atoms with Crippen molar-refractivity contribution in [1.82, 2.24) is 0 Å². The van der Waals surface area contributed by atoms with E-state index in [1.54, 1.807) is 18.7 Å². The molecule has 1 amide bonds. The maximum absolute atomic E-state index is 11.6. The zero-order valence-electron chi connectivity index (χ0n) is 9.11. The Hall–Kier alpha value is -1.00. The molecule has 0 heterocycles. The summed E-state index contributed by atoms with van der Waals surface area (Å²) < 4.78 is 4.94. The number of amides is 1. The summed E-state index contributed by atoms with van der Waals surface area (Å²) in [4.78, 5) is 12.6. The number of carbonyl (C=O) groups excluding carboxylic acids is 1. The zero-order chi connectivity index (χ0) is 11.3. The Morgan fingerprint density at radius 1 is 1.47 bits per heavy atom. The highest BCUT2D eigenvalue weighted by Gasteiger charge is 2.12. The number of nitrogens with one attached hydrogen (secondary N) is 1. The average molecular weight is 225 g/mol. The second kappa shape index (κ2) is 5.78. The Balaban J connectivity index is 2.76. The maximum Gasteiger partial charge on any atom is 0.253 e. The molecule has 0 aliphatic carbocycles. The first kappa shape index (κ1) is 12.1. The van der Waals surface area contributed by atoms with Crippen LogP contribution in [0.1, 0.15) is 6.92 Å². The summed E-state index contributed by atoms with van der Waals surface area (Å²) in [6.45, 7) is 1.72. The van der Waals surface area contributed by atoms with E-state index < -0.39 is 6.10 Å². The van der Waals surface area contributed by atoms with Crippen molar-refractivity contribution >= 4 is 23.4 Å². The molecule has 4 heteroatoms. The first-order valence-corrected chi connectivity index (χ1v) is 5.88. The number of rotatable bonds is 4. The minimum Gasteiger partial charge on any atom is -0.372 e. The third-order valence-electron chi connectivity index (χ3n) is 2.09. The molecule has 1 aromatic carbocycles. The molecular formula is C11H15NO2S. The van der Waals surface area contributed by atoms with Gasteiger partial charge in [0.05, 0.1) is 5.69 Å². The highest BCUT2D eigenvalue weighted by molar-refractivity contribution is 7.98. The molecule has 15 heavy (non-hydrogen) atoms. The van der Waals surface area contributed by atoms with Gasteiger partial charge in [-0.1, -0.05) is 12.1 Å². The van der Waals surface area contributed by atoms with Gasteiger partial charge in [0, 0.05) is 12.0 Å². The summed E-state index contributed by atoms with van der Waals surface area (Å²) in [7, 11) is 1.52.